The lowest BCUT2D eigenvalue weighted by molar-refractivity contribution is -0.147. The lowest BCUT2D eigenvalue weighted by atomic mass is 10.1. The summed E-state index contributed by atoms with van der Waals surface area (Å²) in [6.45, 7) is 2.52. The van der Waals surface area contributed by atoms with E-state index in [0.717, 1.165) is 5.41 Å². The molecule has 0 aromatic carbocycles. The van der Waals surface area contributed by atoms with Crippen LogP contribution in [0.1, 0.15) is 23.2 Å². The van der Waals surface area contributed by atoms with Crippen molar-refractivity contribution in [3.05, 3.63) is 53.6 Å². The third kappa shape index (κ3) is 6.96. The van der Waals surface area contributed by atoms with Gasteiger partial charge in [-0.25, -0.2) is 18.4 Å². The Balaban J connectivity index is 1.53. The highest BCUT2D eigenvalue weighted by Gasteiger charge is 2.34. The van der Waals surface area contributed by atoms with Gasteiger partial charge in [-0.15, -0.1) is 0 Å². The van der Waals surface area contributed by atoms with Crippen LogP contribution in [0, 0.1) is 0 Å². The third-order valence-corrected chi connectivity index (χ3v) is 7.04. The zero-order valence-electron chi connectivity index (χ0n) is 17.6. The van der Waals surface area contributed by atoms with Gasteiger partial charge in [-0.1, -0.05) is 0 Å². The van der Waals surface area contributed by atoms with E-state index in [4.69, 9.17) is 0 Å². The molecule has 9 nitrogen and oxygen atoms in total. The van der Waals surface area contributed by atoms with E-state index < -0.39 is 33.7 Å². The lowest BCUT2D eigenvalue weighted by Crippen LogP contribution is -2.43. The van der Waals surface area contributed by atoms with Crippen LogP contribution in [0.3, 0.4) is 0 Å². The Morgan fingerprint density at radius 3 is 2.70 bits per heavy atom. The quantitative estimate of drug-likeness (QED) is 0.454. The number of imidazole rings is 1. The molecule has 3 heterocycles. The number of nitrogens with one attached hydrogen (secondary N) is 1. The SMILES string of the molecule is C=N/C(=C\C=C\S(=O)(=O)C1CCN(CC(F)(F)F)CC1)CNC(=O)c1cnc2nccn2c1. The fourth-order valence-corrected chi connectivity index (χ4v) is 4.78. The summed E-state index contributed by atoms with van der Waals surface area (Å²) in [4.78, 5) is 25.4. The summed E-state index contributed by atoms with van der Waals surface area (Å²) < 4.78 is 64.0. The average Bonchev–Trinajstić information content (AvgIpc) is 3.23. The molecule has 3 rings (SSSR count). The maximum atomic E-state index is 12.5. The minimum Gasteiger partial charge on any atom is -0.346 e. The summed E-state index contributed by atoms with van der Waals surface area (Å²) in [6, 6.07) is 0. The van der Waals surface area contributed by atoms with Gasteiger partial charge >= 0.3 is 6.18 Å². The number of amides is 1. The van der Waals surface area contributed by atoms with Crippen LogP contribution >= 0.6 is 0 Å². The molecule has 1 amide bonds. The maximum absolute atomic E-state index is 12.5. The highest BCUT2D eigenvalue weighted by molar-refractivity contribution is 7.94. The van der Waals surface area contributed by atoms with Crippen molar-refractivity contribution in [1.82, 2.24) is 24.6 Å². The number of likely N-dealkylation sites (tertiary alicyclic amines) is 1. The minimum absolute atomic E-state index is 0.00448. The Labute approximate surface area is 188 Å². The Bertz CT molecular complexity index is 1170. The number of sulfone groups is 1. The van der Waals surface area contributed by atoms with Gasteiger partial charge in [-0.3, -0.25) is 19.1 Å². The largest absolute Gasteiger partial charge is 0.401 e. The van der Waals surface area contributed by atoms with Gasteiger partial charge in [0.15, 0.2) is 9.84 Å². The molecule has 0 spiro atoms. The normalized spacial score (nSPS) is 17.0. The molecule has 0 radical (unpaired) electrons. The Morgan fingerprint density at radius 2 is 2.03 bits per heavy atom. The van der Waals surface area contributed by atoms with E-state index in [1.165, 1.54) is 23.2 Å². The second-order valence-corrected chi connectivity index (χ2v) is 9.60. The molecule has 1 N–H and O–H groups in total. The summed E-state index contributed by atoms with van der Waals surface area (Å²) in [5.41, 5.74) is 0.630. The molecule has 0 unspecified atom stereocenters. The van der Waals surface area contributed by atoms with Gasteiger partial charge in [0.05, 0.1) is 29.6 Å². The highest BCUT2D eigenvalue weighted by atomic mass is 32.2. The van der Waals surface area contributed by atoms with Crippen molar-refractivity contribution < 1.29 is 26.4 Å². The Hall–Kier alpha value is -3.06. The molecule has 1 aliphatic heterocycles. The van der Waals surface area contributed by atoms with Crippen molar-refractivity contribution in [3.8, 4) is 0 Å². The molecule has 0 atom stereocenters. The third-order valence-electron chi connectivity index (χ3n) is 5.10. The van der Waals surface area contributed by atoms with Crippen LogP contribution < -0.4 is 5.32 Å². The number of hydrogen-bond donors (Lipinski definition) is 1. The van der Waals surface area contributed by atoms with Crippen molar-refractivity contribution in [1.29, 1.82) is 0 Å². The summed E-state index contributed by atoms with van der Waals surface area (Å²) in [6.07, 6.45) is 4.81. The van der Waals surface area contributed by atoms with Crippen molar-refractivity contribution in [2.75, 3.05) is 26.2 Å². The molecule has 2 aromatic rings. The van der Waals surface area contributed by atoms with E-state index in [2.05, 4.69) is 27.0 Å². The first-order valence-corrected chi connectivity index (χ1v) is 11.6. The van der Waals surface area contributed by atoms with Crippen molar-refractivity contribution in [3.63, 3.8) is 0 Å². The van der Waals surface area contributed by atoms with E-state index in [1.54, 1.807) is 23.0 Å². The fraction of sp³-hybridized carbons (Fsp3) is 0.400. The van der Waals surface area contributed by atoms with E-state index in [0.29, 0.717) is 17.0 Å². The van der Waals surface area contributed by atoms with Crippen molar-refractivity contribution in [2.24, 2.45) is 4.99 Å². The Kier molecular flexibility index (Phi) is 7.64. The number of piperidine rings is 1. The molecule has 13 heteroatoms. The molecule has 0 aliphatic carbocycles. The highest BCUT2D eigenvalue weighted by Crippen LogP contribution is 2.23. The van der Waals surface area contributed by atoms with Crippen LogP contribution in [0.25, 0.3) is 5.78 Å². The van der Waals surface area contributed by atoms with Gasteiger partial charge in [0, 0.05) is 30.2 Å². The molecule has 0 bridgehead atoms. The number of carbonyl (C=O) groups excluding carboxylic acids is 1. The topological polar surface area (TPSA) is 109 Å². The van der Waals surface area contributed by atoms with Crippen molar-refractivity contribution in [2.45, 2.75) is 24.3 Å². The van der Waals surface area contributed by atoms with Gasteiger partial charge in [-0.05, 0) is 44.8 Å². The van der Waals surface area contributed by atoms with Crippen molar-refractivity contribution >= 4 is 28.2 Å². The molecular formula is C20H23F3N6O3S. The van der Waals surface area contributed by atoms with Crippen LogP contribution in [-0.4, -0.2) is 77.9 Å². The molecule has 178 valence electrons. The van der Waals surface area contributed by atoms with Gasteiger partial charge in [0.25, 0.3) is 5.91 Å². The maximum Gasteiger partial charge on any atom is 0.401 e. The molecular weight excluding hydrogens is 461 g/mol. The number of aromatic nitrogens is 3. The van der Waals surface area contributed by atoms with Crippen LogP contribution in [0.15, 0.2) is 53.0 Å². The number of fused-ring (bicyclic) bond motifs is 1. The first-order valence-electron chi connectivity index (χ1n) is 10.0. The molecule has 33 heavy (non-hydrogen) atoms. The molecule has 2 aromatic heterocycles. The molecule has 1 saturated heterocycles. The number of rotatable bonds is 8. The summed E-state index contributed by atoms with van der Waals surface area (Å²) in [5.74, 6) is 0.0483. The van der Waals surface area contributed by atoms with E-state index in [9.17, 15) is 26.4 Å². The zero-order valence-corrected chi connectivity index (χ0v) is 18.4. The fourth-order valence-electron chi connectivity index (χ4n) is 3.39. The van der Waals surface area contributed by atoms with E-state index in [1.807, 2.05) is 0 Å². The average molecular weight is 485 g/mol. The van der Waals surface area contributed by atoms with Gasteiger partial charge < -0.3 is 5.32 Å². The number of alkyl halides is 3. The van der Waals surface area contributed by atoms with E-state index >= 15 is 0 Å². The first-order chi connectivity index (χ1) is 15.6. The lowest BCUT2D eigenvalue weighted by Gasteiger charge is -2.31. The smallest absolute Gasteiger partial charge is 0.346 e. The minimum atomic E-state index is -4.30. The van der Waals surface area contributed by atoms with Crippen LogP contribution in [0.4, 0.5) is 13.2 Å². The predicted molar refractivity (Wildman–Crippen MR) is 117 cm³/mol. The second kappa shape index (κ2) is 10.3. The zero-order chi connectivity index (χ0) is 24.1. The second-order valence-electron chi connectivity index (χ2n) is 7.48. The summed E-state index contributed by atoms with van der Waals surface area (Å²) in [7, 11) is -3.64. The summed E-state index contributed by atoms with van der Waals surface area (Å²) in [5, 5.41) is 2.92. The molecule has 1 aliphatic rings. The number of aliphatic imine (C=N–C) groups is 1. The number of nitrogens with zero attached hydrogens (tertiary/aromatic N) is 5. The van der Waals surface area contributed by atoms with Gasteiger partial charge in [0.2, 0.25) is 5.78 Å². The standard InChI is InChI=1S/C20H23F3N6O3S/c1-24-16(12-26-18(30)15-11-27-19-25-6-9-29(19)13-15)3-2-10-33(31,32)17-4-7-28(8-5-17)14-20(21,22)23/h2-3,6,9-11,13,17H,1,4-5,7-8,12,14H2,(H,26,30)/b10-2+,16-3-. The molecule has 0 saturated carbocycles. The van der Waals surface area contributed by atoms with Crippen LogP contribution in [0.5, 0.6) is 0 Å². The van der Waals surface area contributed by atoms with Crippen LogP contribution in [-0.2, 0) is 9.84 Å². The molecule has 1 fully saturated rings. The van der Waals surface area contributed by atoms with Gasteiger partial charge in [0.1, 0.15) is 0 Å². The number of hydrogen-bond acceptors (Lipinski definition) is 7. The number of halogens is 3. The number of allylic oxidation sites excluding steroid dienone is 2. The summed E-state index contributed by atoms with van der Waals surface area (Å²) >= 11 is 0. The monoisotopic (exact) mass is 484 g/mol. The Morgan fingerprint density at radius 1 is 1.30 bits per heavy atom. The number of carbonyl (C=O) groups is 1. The van der Waals surface area contributed by atoms with Crippen LogP contribution in [0.2, 0.25) is 0 Å². The predicted octanol–water partition coefficient (Wildman–Crippen LogP) is 2.00. The first kappa shape index (κ1) is 24.6. The van der Waals surface area contributed by atoms with Gasteiger partial charge in [-0.2, -0.15) is 13.2 Å². The van der Waals surface area contributed by atoms with E-state index in [-0.39, 0.29) is 32.5 Å².